The average Bonchev–Trinajstić information content (AvgIpc) is 2.85. The molecule has 0 aromatic rings. The van der Waals surface area contributed by atoms with Crippen molar-refractivity contribution in [3.63, 3.8) is 0 Å². The second kappa shape index (κ2) is 6.38. The Kier molecular flexibility index (Phi) is 5.08. The third-order valence-electron chi connectivity index (χ3n) is 5.62. The Morgan fingerprint density at radius 2 is 1.94 bits per heavy atom. The lowest BCUT2D eigenvalue weighted by molar-refractivity contribution is 0.145. The predicted octanol–water partition coefficient (Wildman–Crippen LogP) is 3.42. The van der Waals surface area contributed by atoms with Crippen molar-refractivity contribution in [2.24, 2.45) is 5.41 Å². The van der Waals surface area contributed by atoms with Crippen molar-refractivity contribution in [3.8, 4) is 0 Å². The molecule has 2 aliphatic rings. The highest BCUT2D eigenvalue weighted by molar-refractivity contribution is 4.93. The minimum atomic E-state index is 0.644. The van der Waals surface area contributed by atoms with Gasteiger partial charge in [0.1, 0.15) is 0 Å². The van der Waals surface area contributed by atoms with Gasteiger partial charge in [-0.3, -0.25) is 4.90 Å². The van der Waals surface area contributed by atoms with Crippen LogP contribution in [0.3, 0.4) is 0 Å². The van der Waals surface area contributed by atoms with Crippen molar-refractivity contribution in [2.45, 2.75) is 77.8 Å². The number of hydrogen-bond donors (Lipinski definition) is 1. The van der Waals surface area contributed by atoms with Gasteiger partial charge in [-0.1, -0.05) is 27.2 Å². The van der Waals surface area contributed by atoms with Crippen LogP contribution in [-0.2, 0) is 0 Å². The molecule has 0 radical (unpaired) electrons. The molecule has 1 aliphatic carbocycles. The lowest BCUT2D eigenvalue weighted by atomic mass is 9.81. The van der Waals surface area contributed by atoms with Gasteiger partial charge in [-0.25, -0.2) is 0 Å². The van der Waals surface area contributed by atoms with E-state index < -0.39 is 0 Å². The van der Waals surface area contributed by atoms with Crippen LogP contribution in [0.2, 0.25) is 0 Å². The molecule has 18 heavy (non-hydrogen) atoms. The maximum Gasteiger partial charge on any atom is 0.0110 e. The first kappa shape index (κ1) is 14.3. The van der Waals surface area contributed by atoms with Crippen LogP contribution in [0.15, 0.2) is 0 Å². The van der Waals surface area contributed by atoms with Crippen LogP contribution in [0.4, 0.5) is 0 Å². The van der Waals surface area contributed by atoms with Gasteiger partial charge in [-0.2, -0.15) is 0 Å². The summed E-state index contributed by atoms with van der Waals surface area (Å²) in [5.74, 6) is 0. The molecule has 2 heteroatoms. The second-order valence-electron chi connectivity index (χ2n) is 6.50. The fourth-order valence-corrected chi connectivity index (χ4v) is 4.08. The summed E-state index contributed by atoms with van der Waals surface area (Å²) in [5.41, 5.74) is 0.644. The van der Waals surface area contributed by atoms with E-state index in [1.54, 1.807) is 0 Å². The first-order valence-electron chi connectivity index (χ1n) is 8.20. The molecule has 1 N–H and O–H groups in total. The molecule has 0 bridgehead atoms. The van der Waals surface area contributed by atoms with E-state index in [9.17, 15) is 0 Å². The maximum absolute atomic E-state index is 3.66. The van der Waals surface area contributed by atoms with Crippen LogP contribution in [0.25, 0.3) is 0 Å². The van der Waals surface area contributed by atoms with E-state index in [1.807, 2.05) is 0 Å². The molecule has 0 aromatic heterocycles. The van der Waals surface area contributed by atoms with E-state index in [0.29, 0.717) is 5.41 Å². The van der Waals surface area contributed by atoms with Crippen LogP contribution >= 0.6 is 0 Å². The zero-order valence-corrected chi connectivity index (χ0v) is 12.7. The highest BCUT2D eigenvalue weighted by atomic mass is 15.2. The van der Waals surface area contributed by atoms with Gasteiger partial charge in [0.15, 0.2) is 0 Å². The van der Waals surface area contributed by atoms with Crippen molar-refractivity contribution >= 4 is 0 Å². The summed E-state index contributed by atoms with van der Waals surface area (Å²) < 4.78 is 0. The summed E-state index contributed by atoms with van der Waals surface area (Å²) in [5, 5.41) is 3.66. The van der Waals surface area contributed by atoms with Crippen molar-refractivity contribution in [2.75, 3.05) is 19.6 Å². The van der Waals surface area contributed by atoms with Crippen molar-refractivity contribution in [1.82, 2.24) is 10.2 Å². The zero-order chi connectivity index (χ0) is 13.0. The molecule has 0 amide bonds. The average molecular weight is 252 g/mol. The number of hydrogen-bond acceptors (Lipinski definition) is 2. The Labute approximate surface area is 114 Å². The normalized spacial score (nSPS) is 32.8. The van der Waals surface area contributed by atoms with E-state index in [1.165, 1.54) is 58.0 Å². The highest BCUT2D eigenvalue weighted by Gasteiger charge is 2.38. The number of nitrogens with zero attached hydrogens (tertiary/aromatic N) is 1. The number of rotatable bonds is 5. The van der Waals surface area contributed by atoms with Crippen molar-refractivity contribution in [3.05, 3.63) is 0 Å². The number of nitrogens with one attached hydrogen (secondary N) is 1. The molecule has 1 saturated carbocycles. The fourth-order valence-electron chi connectivity index (χ4n) is 4.08. The van der Waals surface area contributed by atoms with E-state index in [0.717, 1.165) is 18.6 Å². The molecular weight excluding hydrogens is 220 g/mol. The van der Waals surface area contributed by atoms with Crippen LogP contribution in [0, 0.1) is 5.41 Å². The standard InChI is InChI=1S/C16H32N2/c1-4-16(5-2)10-11-18(13-16)15-9-7-8-14(12-15)17-6-3/h14-15,17H,4-13H2,1-3H3. The Hall–Kier alpha value is -0.0800. The SMILES string of the molecule is CCNC1CCCC(N2CCC(CC)(CC)C2)C1. The summed E-state index contributed by atoms with van der Waals surface area (Å²) in [6, 6.07) is 1.65. The van der Waals surface area contributed by atoms with Crippen molar-refractivity contribution < 1.29 is 0 Å². The van der Waals surface area contributed by atoms with E-state index >= 15 is 0 Å². The Balaban J connectivity index is 1.88. The Morgan fingerprint density at radius 1 is 1.17 bits per heavy atom. The molecule has 2 rings (SSSR count). The quantitative estimate of drug-likeness (QED) is 0.806. The smallest absolute Gasteiger partial charge is 0.0110 e. The van der Waals surface area contributed by atoms with Gasteiger partial charge in [0.25, 0.3) is 0 Å². The molecule has 2 atom stereocenters. The van der Waals surface area contributed by atoms with Gasteiger partial charge in [0.05, 0.1) is 0 Å². The van der Waals surface area contributed by atoms with Gasteiger partial charge >= 0.3 is 0 Å². The van der Waals surface area contributed by atoms with Gasteiger partial charge in [-0.15, -0.1) is 0 Å². The summed E-state index contributed by atoms with van der Waals surface area (Å²) in [6.45, 7) is 10.9. The van der Waals surface area contributed by atoms with Gasteiger partial charge in [0, 0.05) is 18.6 Å². The minimum absolute atomic E-state index is 0.644. The van der Waals surface area contributed by atoms with E-state index in [4.69, 9.17) is 0 Å². The monoisotopic (exact) mass is 252 g/mol. The molecule has 1 saturated heterocycles. The first-order valence-corrected chi connectivity index (χ1v) is 8.20. The molecule has 2 unspecified atom stereocenters. The largest absolute Gasteiger partial charge is 0.314 e. The molecule has 1 heterocycles. The van der Waals surface area contributed by atoms with Gasteiger partial charge in [-0.05, 0) is 57.0 Å². The lowest BCUT2D eigenvalue weighted by Crippen LogP contribution is -2.44. The van der Waals surface area contributed by atoms with Gasteiger partial charge in [0.2, 0.25) is 0 Å². The Bertz CT molecular complexity index is 245. The predicted molar refractivity (Wildman–Crippen MR) is 78.9 cm³/mol. The molecule has 106 valence electrons. The molecule has 2 nitrogen and oxygen atoms in total. The van der Waals surface area contributed by atoms with Crippen LogP contribution in [-0.4, -0.2) is 36.6 Å². The minimum Gasteiger partial charge on any atom is -0.314 e. The fraction of sp³-hybridized carbons (Fsp3) is 1.00. The van der Waals surface area contributed by atoms with Crippen molar-refractivity contribution in [1.29, 1.82) is 0 Å². The zero-order valence-electron chi connectivity index (χ0n) is 12.7. The van der Waals surface area contributed by atoms with E-state index in [2.05, 4.69) is 31.0 Å². The summed E-state index contributed by atoms with van der Waals surface area (Å²) in [4.78, 5) is 2.82. The van der Waals surface area contributed by atoms with Gasteiger partial charge < -0.3 is 5.32 Å². The van der Waals surface area contributed by atoms with Crippen LogP contribution in [0.5, 0.6) is 0 Å². The topological polar surface area (TPSA) is 15.3 Å². The molecule has 0 spiro atoms. The molecule has 0 aromatic carbocycles. The first-order chi connectivity index (χ1) is 8.73. The highest BCUT2D eigenvalue weighted by Crippen LogP contribution is 2.39. The molecule has 2 fully saturated rings. The summed E-state index contributed by atoms with van der Waals surface area (Å²) >= 11 is 0. The maximum atomic E-state index is 3.66. The molecular formula is C16H32N2. The number of likely N-dealkylation sites (tertiary alicyclic amines) is 1. The van der Waals surface area contributed by atoms with Crippen LogP contribution < -0.4 is 5.32 Å². The summed E-state index contributed by atoms with van der Waals surface area (Å²) in [6.07, 6.45) is 9.80. The lowest BCUT2D eigenvalue weighted by Gasteiger charge is -2.37. The third-order valence-corrected chi connectivity index (χ3v) is 5.62. The molecule has 1 aliphatic heterocycles. The Morgan fingerprint density at radius 3 is 2.56 bits per heavy atom. The third kappa shape index (κ3) is 3.08. The summed E-state index contributed by atoms with van der Waals surface area (Å²) in [7, 11) is 0. The van der Waals surface area contributed by atoms with E-state index in [-0.39, 0.29) is 0 Å². The van der Waals surface area contributed by atoms with Crippen LogP contribution in [0.1, 0.15) is 65.7 Å². The second-order valence-corrected chi connectivity index (χ2v) is 6.50.